The van der Waals surface area contributed by atoms with E-state index < -0.39 is 21.1 Å². The van der Waals surface area contributed by atoms with Gasteiger partial charge in [-0.1, -0.05) is 12.1 Å². The Labute approximate surface area is 178 Å². The average molecular weight is 447 g/mol. The number of benzene rings is 2. The highest BCUT2D eigenvalue weighted by Gasteiger charge is 2.29. The maximum Gasteiger partial charge on any atom is 0.316 e. The smallest absolute Gasteiger partial charge is 0.305 e. The molecular formula is C21H23FN4O4S. The van der Waals surface area contributed by atoms with Crippen LogP contribution in [-0.2, 0) is 30.7 Å². The van der Waals surface area contributed by atoms with Crippen molar-refractivity contribution in [1.82, 2.24) is 18.3 Å². The molecule has 0 unspecified atom stereocenters. The van der Waals surface area contributed by atoms with Crippen molar-refractivity contribution in [2.24, 2.45) is 14.1 Å². The molecule has 0 N–H and O–H groups in total. The average Bonchev–Trinajstić information content (AvgIpc) is 2.77. The number of aryl methyl sites for hydroxylation is 2. The molecule has 1 aliphatic rings. The fourth-order valence-electron chi connectivity index (χ4n) is 3.85. The maximum atomic E-state index is 13.2. The van der Waals surface area contributed by atoms with Crippen LogP contribution in [0.2, 0.25) is 0 Å². The van der Waals surface area contributed by atoms with Crippen molar-refractivity contribution >= 4 is 21.1 Å². The zero-order valence-corrected chi connectivity index (χ0v) is 18.1. The van der Waals surface area contributed by atoms with Crippen molar-refractivity contribution in [2.75, 3.05) is 26.2 Å². The van der Waals surface area contributed by atoms with E-state index in [2.05, 4.69) is 4.90 Å². The third kappa shape index (κ3) is 3.93. The van der Waals surface area contributed by atoms with Gasteiger partial charge in [-0.15, -0.1) is 0 Å². The lowest BCUT2D eigenvalue weighted by Crippen LogP contribution is -2.48. The molecular weight excluding hydrogens is 423 g/mol. The van der Waals surface area contributed by atoms with Crippen LogP contribution >= 0.6 is 0 Å². The van der Waals surface area contributed by atoms with Crippen LogP contribution in [0, 0.1) is 5.82 Å². The van der Waals surface area contributed by atoms with E-state index in [1.807, 2.05) is 0 Å². The van der Waals surface area contributed by atoms with Gasteiger partial charge in [-0.2, -0.15) is 4.31 Å². The molecule has 31 heavy (non-hydrogen) atoms. The summed E-state index contributed by atoms with van der Waals surface area (Å²) in [5.41, 5.74) is 0.457. The molecule has 0 saturated carbocycles. The fourth-order valence-corrected chi connectivity index (χ4v) is 5.29. The summed E-state index contributed by atoms with van der Waals surface area (Å²) in [7, 11) is -0.812. The number of hydrogen-bond acceptors (Lipinski definition) is 5. The van der Waals surface area contributed by atoms with E-state index in [9.17, 15) is 22.4 Å². The number of halogens is 1. The van der Waals surface area contributed by atoms with Crippen molar-refractivity contribution in [3.63, 3.8) is 0 Å². The lowest BCUT2D eigenvalue weighted by atomic mass is 10.2. The van der Waals surface area contributed by atoms with Gasteiger partial charge in [-0.3, -0.25) is 14.5 Å². The van der Waals surface area contributed by atoms with E-state index in [1.54, 1.807) is 18.2 Å². The molecule has 3 aromatic rings. The van der Waals surface area contributed by atoms with Crippen LogP contribution in [0.25, 0.3) is 11.0 Å². The van der Waals surface area contributed by atoms with E-state index >= 15 is 0 Å². The Morgan fingerprint density at radius 3 is 2.03 bits per heavy atom. The molecule has 0 spiro atoms. The van der Waals surface area contributed by atoms with Gasteiger partial charge < -0.3 is 9.13 Å². The van der Waals surface area contributed by atoms with Gasteiger partial charge in [0.25, 0.3) is 0 Å². The number of rotatable bonds is 4. The van der Waals surface area contributed by atoms with E-state index in [-0.39, 0.29) is 10.7 Å². The Balaban J connectivity index is 1.55. The second-order valence-electron chi connectivity index (χ2n) is 7.69. The molecule has 1 aromatic heterocycles. The summed E-state index contributed by atoms with van der Waals surface area (Å²) in [5, 5.41) is 0. The molecule has 1 saturated heterocycles. The number of aromatic nitrogens is 2. The normalized spacial score (nSPS) is 16.1. The van der Waals surface area contributed by atoms with E-state index in [4.69, 9.17) is 0 Å². The van der Waals surface area contributed by atoms with Gasteiger partial charge in [0.15, 0.2) is 0 Å². The molecule has 164 valence electrons. The lowest BCUT2D eigenvalue weighted by Gasteiger charge is -2.34. The van der Waals surface area contributed by atoms with Gasteiger partial charge in [0.05, 0.1) is 15.9 Å². The number of fused-ring (bicyclic) bond motifs is 1. The lowest BCUT2D eigenvalue weighted by molar-refractivity contribution is 0.181. The van der Waals surface area contributed by atoms with Gasteiger partial charge >= 0.3 is 11.1 Å². The van der Waals surface area contributed by atoms with E-state index in [0.29, 0.717) is 43.8 Å². The number of piperazine rings is 1. The first-order valence-electron chi connectivity index (χ1n) is 9.85. The van der Waals surface area contributed by atoms with E-state index in [0.717, 1.165) is 5.56 Å². The molecule has 10 heteroatoms. The second kappa shape index (κ2) is 8.03. The SMILES string of the molecule is Cn1c(=O)c(=O)n(C)c2cc(S(=O)(=O)N3CCN(Cc4ccc(F)cc4)CC3)ccc21. The Hall–Kier alpha value is -2.82. The molecule has 2 aromatic carbocycles. The first kappa shape index (κ1) is 21.4. The summed E-state index contributed by atoms with van der Waals surface area (Å²) in [6.45, 7) is 2.39. The predicted octanol–water partition coefficient (Wildman–Crippen LogP) is 0.883. The Kier molecular flexibility index (Phi) is 5.54. The molecule has 0 atom stereocenters. The van der Waals surface area contributed by atoms with Crippen LogP contribution in [0.5, 0.6) is 0 Å². The highest BCUT2D eigenvalue weighted by Crippen LogP contribution is 2.22. The number of nitrogens with zero attached hydrogens (tertiary/aromatic N) is 4. The van der Waals surface area contributed by atoms with Gasteiger partial charge in [0.2, 0.25) is 10.0 Å². The van der Waals surface area contributed by atoms with Crippen LogP contribution in [-0.4, -0.2) is 52.9 Å². The summed E-state index contributed by atoms with van der Waals surface area (Å²) in [6, 6.07) is 10.7. The summed E-state index contributed by atoms with van der Waals surface area (Å²) < 4.78 is 43.3. The molecule has 2 heterocycles. The van der Waals surface area contributed by atoms with Gasteiger partial charge in [0.1, 0.15) is 5.82 Å². The Morgan fingerprint density at radius 2 is 1.42 bits per heavy atom. The molecule has 8 nitrogen and oxygen atoms in total. The first-order chi connectivity index (χ1) is 14.7. The third-order valence-electron chi connectivity index (χ3n) is 5.75. The van der Waals surface area contributed by atoms with Crippen molar-refractivity contribution in [3.8, 4) is 0 Å². The van der Waals surface area contributed by atoms with Crippen LogP contribution in [0.15, 0.2) is 56.9 Å². The molecule has 0 aliphatic carbocycles. The second-order valence-corrected chi connectivity index (χ2v) is 9.62. The van der Waals surface area contributed by atoms with Crippen molar-refractivity contribution in [2.45, 2.75) is 11.4 Å². The first-order valence-corrected chi connectivity index (χ1v) is 11.3. The van der Waals surface area contributed by atoms with Gasteiger partial charge in [-0.25, -0.2) is 12.8 Å². The topological polar surface area (TPSA) is 84.6 Å². The summed E-state index contributed by atoms with van der Waals surface area (Å²) in [5.74, 6) is -0.285. The number of sulfonamides is 1. The zero-order valence-electron chi connectivity index (χ0n) is 17.3. The van der Waals surface area contributed by atoms with Crippen LogP contribution in [0.1, 0.15) is 5.56 Å². The predicted molar refractivity (Wildman–Crippen MR) is 115 cm³/mol. The van der Waals surface area contributed by atoms with Gasteiger partial charge in [0, 0.05) is 46.8 Å². The molecule has 4 rings (SSSR count). The summed E-state index contributed by atoms with van der Waals surface area (Å²) >= 11 is 0. The highest BCUT2D eigenvalue weighted by molar-refractivity contribution is 7.89. The van der Waals surface area contributed by atoms with Crippen molar-refractivity contribution in [3.05, 3.63) is 74.6 Å². The van der Waals surface area contributed by atoms with Crippen LogP contribution < -0.4 is 11.1 Å². The zero-order chi connectivity index (χ0) is 22.3. The van der Waals surface area contributed by atoms with Crippen LogP contribution in [0.4, 0.5) is 4.39 Å². The Morgan fingerprint density at radius 1 is 0.839 bits per heavy atom. The van der Waals surface area contributed by atoms with Crippen molar-refractivity contribution < 1.29 is 12.8 Å². The summed E-state index contributed by atoms with van der Waals surface area (Å²) in [6.07, 6.45) is 0. The maximum absolute atomic E-state index is 13.2. The van der Waals surface area contributed by atoms with Crippen LogP contribution in [0.3, 0.4) is 0 Å². The van der Waals surface area contributed by atoms with Crippen molar-refractivity contribution in [1.29, 1.82) is 0 Å². The minimum atomic E-state index is -3.75. The van der Waals surface area contributed by atoms with E-state index in [1.165, 1.54) is 51.8 Å². The summed E-state index contributed by atoms with van der Waals surface area (Å²) in [4.78, 5) is 26.3. The molecule has 0 radical (unpaired) electrons. The quantitative estimate of drug-likeness (QED) is 0.556. The minimum absolute atomic E-state index is 0.0839. The Bertz CT molecular complexity index is 1360. The molecule has 1 fully saturated rings. The fraction of sp³-hybridized carbons (Fsp3) is 0.333. The standard InChI is InChI=1S/C21H23FN4O4S/c1-23-18-8-7-17(13-19(18)24(2)21(28)20(23)27)31(29,30)26-11-9-25(10-12-26)14-15-3-5-16(22)6-4-15/h3-8,13H,9-12,14H2,1-2H3. The largest absolute Gasteiger partial charge is 0.316 e. The monoisotopic (exact) mass is 446 g/mol. The molecule has 1 aliphatic heterocycles. The molecule has 0 amide bonds. The van der Waals surface area contributed by atoms with Gasteiger partial charge in [-0.05, 0) is 35.9 Å². The minimum Gasteiger partial charge on any atom is -0.305 e. The third-order valence-corrected chi connectivity index (χ3v) is 7.64. The highest BCUT2D eigenvalue weighted by atomic mass is 32.2. The number of hydrogen-bond donors (Lipinski definition) is 0. The molecule has 0 bridgehead atoms.